The van der Waals surface area contributed by atoms with Gasteiger partial charge in [-0.05, 0) is 70.1 Å². The van der Waals surface area contributed by atoms with Crippen molar-refractivity contribution in [2.75, 3.05) is 0 Å². The second-order valence-corrected chi connectivity index (χ2v) is 12.5. The summed E-state index contributed by atoms with van der Waals surface area (Å²) in [5.74, 6) is 0. The summed E-state index contributed by atoms with van der Waals surface area (Å²) in [7, 11) is 0. The molecule has 5 heteroatoms. The van der Waals surface area contributed by atoms with Gasteiger partial charge >= 0.3 is 0 Å². The Morgan fingerprint density at radius 3 is 1.59 bits per heavy atom. The number of benzene rings is 6. The lowest BCUT2D eigenvalue weighted by Gasteiger charge is -2.03. The number of hydrogen-bond acceptors (Lipinski definition) is 2. The minimum atomic E-state index is 0.923. The van der Waals surface area contributed by atoms with Gasteiger partial charge in [0.25, 0.3) is 0 Å². The van der Waals surface area contributed by atoms with Gasteiger partial charge in [0.15, 0.2) is 0 Å². The molecule has 0 saturated heterocycles. The van der Waals surface area contributed by atoms with Crippen molar-refractivity contribution in [3.05, 3.63) is 140 Å². The molecule has 0 aliphatic rings. The Morgan fingerprint density at radius 1 is 0.439 bits per heavy atom. The number of rotatable bonds is 2. The Bertz CT molecular complexity index is 2180. The van der Waals surface area contributed by atoms with Gasteiger partial charge in [0.2, 0.25) is 0 Å². The van der Waals surface area contributed by atoms with Crippen molar-refractivity contribution in [1.82, 2.24) is 0 Å². The normalized spacial score (nSPS) is 11.3. The number of hydrogen-bond donors (Lipinski definition) is 0. The molecule has 0 N–H and O–H groups in total. The molecule has 2 heterocycles. The molecule has 0 unspecified atom stereocenters. The van der Waals surface area contributed by atoms with Gasteiger partial charge in [0, 0.05) is 41.6 Å². The second-order valence-electron chi connectivity index (χ2n) is 9.65. The van der Waals surface area contributed by atoms with E-state index in [1.54, 1.807) is 0 Å². The molecule has 0 saturated carbocycles. The second kappa shape index (κ2) is 11.1. The van der Waals surface area contributed by atoms with Crippen LogP contribution in [0, 0.1) is 3.57 Å². The molecule has 0 atom stereocenters. The highest BCUT2D eigenvalue weighted by Gasteiger charge is 2.16. The fourth-order valence-corrected chi connectivity index (χ4v) is 6.96. The van der Waals surface area contributed by atoms with Crippen molar-refractivity contribution in [2.24, 2.45) is 0 Å². The highest BCUT2D eigenvalue weighted by Crippen LogP contribution is 2.41. The van der Waals surface area contributed by atoms with E-state index in [0.29, 0.717) is 0 Å². The molecule has 8 rings (SSSR count). The third kappa shape index (κ3) is 4.80. The lowest BCUT2D eigenvalue weighted by atomic mass is 10.0. The van der Waals surface area contributed by atoms with E-state index in [1.807, 2.05) is 42.5 Å². The first-order valence-electron chi connectivity index (χ1n) is 13.1. The third-order valence-corrected chi connectivity index (χ3v) is 9.36. The smallest absolute Gasteiger partial charge is 0.148 e. The molecule has 0 spiro atoms. The summed E-state index contributed by atoms with van der Waals surface area (Å²) in [6, 6.07) is 43.5. The Morgan fingerprint density at radius 2 is 0.951 bits per heavy atom. The number of para-hydroxylation sites is 2. The van der Waals surface area contributed by atoms with E-state index in [1.165, 1.54) is 11.1 Å². The monoisotopic (exact) mass is 770 g/mol. The third-order valence-electron chi connectivity index (χ3n) is 7.19. The summed E-state index contributed by atoms with van der Waals surface area (Å²) in [6.45, 7) is 0. The molecular formula is C36H21Br2IO2. The van der Waals surface area contributed by atoms with Crippen LogP contribution in [0.1, 0.15) is 0 Å². The molecule has 198 valence electrons. The zero-order valence-electron chi connectivity index (χ0n) is 21.6. The Labute approximate surface area is 267 Å². The minimum Gasteiger partial charge on any atom is -0.455 e. The Hall–Kier alpha value is -3.39. The largest absolute Gasteiger partial charge is 0.455 e. The predicted molar refractivity (Wildman–Crippen MR) is 186 cm³/mol. The van der Waals surface area contributed by atoms with Crippen LogP contribution in [-0.4, -0.2) is 0 Å². The highest BCUT2D eigenvalue weighted by molar-refractivity contribution is 14.1. The van der Waals surface area contributed by atoms with Gasteiger partial charge in [0.1, 0.15) is 22.3 Å². The van der Waals surface area contributed by atoms with Crippen LogP contribution in [0.5, 0.6) is 0 Å². The summed E-state index contributed by atoms with van der Waals surface area (Å²) in [5, 5.41) is 4.58. The van der Waals surface area contributed by atoms with E-state index in [0.717, 1.165) is 67.5 Å². The molecule has 8 aromatic rings. The summed E-state index contributed by atoms with van der Waals surface area (Å²) >= 11 is 9.63. The summed E-state index contributed by atoms with van der Waals surface area (Å²) in [6.07, 6.45) is 0. The maximum absolute atomic E-state index is 6.21. The fourth-order valence-electron chi connectivity index (χ4n) is 5.30. The SMILES string of the molecule is Brc1ccc(-c2ccccc2)c2oc3c(I)cccc3c12.Brc1ccc(-c2ccccc2)c2oc3ccccc3c12. The molecule has 0 fully saturated rings. The van der Waals surface area contributed by atoms with Crippen molar-refractivity contribution in [1.29, 1.82) is 0 Å². The van der Waals surface area contributed by atoms with E-state index in [-0.39, 0.29) is 0 Å². The quantitative estimate of drug-likeness (QED) is 0.164. The van der Waals surface area contributed by atoms with Crippen LogP contribution in [0.15, 0.2) is 145 Å². The average Bonchev–Trinajstić information content (AvgIpc) is 3.60. The molecule has 0 aliphatic heterocycles. The van der Waals surface area contributed by atoms with Crippen LogP contribution in [0.3, 0.4) is 0 Å². The maximum atomic E-state index is 6.21. The van der Waals surface area contributed by atoms with Crippen LogP contribution in [0.4, 0.5) is 0 Å². The summed E-state index contributed by atoms with van der Waals surface area (Å²) < 4.78 is 15.6. The van der Waals surface area contributed by atoms with Crippen LogP contribution < -0.4 is 0 Å². The lowest BCUT2D eigenvalue weighted by Crippen LogP contribution is -1.79. The zero-order chi connectivity index (χ0) is 27.9. The molecule has 0 aliphatic carbocycles. The zero-order valence-corrected chi connectivity index (χ0v) is 26.9. The van der Waals surface area contributed by atoms with E-state index in [2.05, 4.69) is 139 Å². The molecule has 2 aromatic heterocycles. The topological polar surface area (TPSA) is 26.3 Å². The van der Waals surface area contributed by atoms with Crippen molar-refractivity contribution < 1.29 is 8.83 Å². The summed E-state index contributed by atoms with van der Waals surface area (Å²) in [5.41, 5.74) is 8.35. The van der Waals surface area contributed by atoms with E-state index < -0.39 is 0 Å². The van der Waals surface area contributed by atoms with Gasteiger partial charge in [-0.1, -0.05) is 123 Å². The van der Waals surface area contributed by atoms with Crippen molar-refractivity contribution >= 4 is 98.3 Å². The molecule has 0 amide bonds. The first kappa shape index (κ1) is 26.5. The van der Waals surface area contributed by atoms with E-state index in [9.17, 15) is 0 Å². The average molecular weight is 772 g/mol. The van der Waals surface area contributed by atoms with Gasteiger partial charge in [-0.25, -0.2) is 0 Å². The molecule has 6 aromatic carbocycles. The molecular weight excluding hydrogens is 751 g/mol. The highest BCUT2D eigenvalue weighted by atomic mass is 127. The Kier molecular flexibility index (Phi) is 7.19. The van der Waals surface area contributed by atoms with Gasteiger partial charge in [-0.2, -0.15) is 0 Å². The van der Waals surface area contributed by atoms with Crippen LogP contribution in [0.25, 0.3) is 66.1 Å². The standard InChI is InChI=1S/C18H10BrIO.C18H11BrO/c19-14-10-9-12(11-5-2-1-3-6-11)18-16(14)13-7-4-8-15(20)17(13)21-18;19-15-11-10-13(12-6-2-1-3-7-12)18-17(15)14-8-4-5-9-16(14)20-18/h1-10H;1-11H. The van der Waals surface area contributed by atoms with Crippen molar-refractivity contribution in [2.45, 2.75) is 0 Å². The van der Waals surface area contributed by atoms with Crippen LogP contribution in [-0.2, 0) is 0 Å². The lowest BCUT2D eigenvalue weighted by molar-refractivity contribution is 0.667. The number of halogens is 3. The van der Waals surface area contributed by atoms with Crippen molar-refractivity contribution in [3.8, 4) is 22.3 Å². The first-order chi connectivity index (χ1) is 20.1. The van der Waals surface area contributed by atoms with Crippen LogP contribution >= 0.6 is 54.5 Å². The van der Waals surface area contributed by atoms with Gasteiger partial charge < -0.3 is 8.83 Å². The molecule has 2 nitrogen and oxygen atoms in total. The number of fused-ring (bicyclic) bond motifs is 6. The molecule has 0 bridgehead atoms. The van der Waals surface area contributed by atoms with Crippen LogP contribution in [0.2, 0.25) is 0 Å². The molecule has 0 radical (unpaired) electrons. The van der Waals surface area contributed by atoms with E-state index >= 15 is 0 Å². The van der Waals surface area contributed by atoms with E-state index in [4.69, 9.17) is 8.83 Å². The maximum Gasteiger partial charge on any atom is 0.148 e. The predicted octanol–water partition coefficient (Wildman–Crippen LogP) is 12.6. The first-order valence-corrected chi connectivity index (χ1v) is 15.8. The number of furan rings is 2. The van der Waals surface area contributed by atoms with Gasteiger partial charge in [0.05, 0.1) is 3.57 Å². The summed E-state index contributed by atoms with van der Waals surface area (Å²) in [4.78, 5) is 0. The molecule has 41 heavy (non-hydrogen) atoms. The van der Waals surface area contributed by atoms with Crippen molar-refractivity contribution in [3.63, 3.8) is 0 Å². The van der Waals surface area contributed by atoms with Gasteiger partial charge in [-0.3, -0.25) is 0 Å². The van der Waals surface area contributed by atoms with Gasteiger partial charge in [-0.15, -0.1) is 0 Å². The Balaban J connectivity index is 0.000000135. The minimum absolute atomic E-state index is 0.923. The fraction of sp³-hybridized carbons (Fsp3) is 0.